The zero-order valence-corrected chi connectivity index (χ0v) is 11.6. The number of hydrogen-bond acceptors (Lipinski definition) is 5. The van der Waals surface area contributed by atoms with E-state index in [-0.39, 0.29) is 11.0 Å². The van der Waals surface area contributed by atoms with Gasteiger partial charge in [-0.05, 0) is 25.8 Å². The van der Waals surface area contributed by atoms with Crippen LogP contribution >= 0.6 is 0 Å². The van der Waals surface area contributed by atoms with Crippen molar-refractivity contribution >= 4 is 10.0 Å². The molecule has 1 unspecified atom stereocenters. The first-order valence-electron chi connectivity index (χ1n) is 6.45. The zero-order chi connectivity index (χ0) is 13.7. The van der Waals surface area contributed by atoms with Gasteiger partial charge in [-0.1, -0.05) is 0 Å². The number of nitrogens with zero attached hydrogens (tertiary/aromatic N) is 2. The Hall–Kier alpha value is -0.960. The molecule has 1 aromatic heterocycles. The highest BCUT2D eigenvalue weighted by Gasteiger charge is 2.21. The summed E-state index contributed by atoms with van der Waals surface area (Å²) < 4.78 is 33.6. The maximum absolute atomic E-state index is 12.0. The van der Waals surface area contributed by atoms with Crippen LogP contribution in [-0.4, -0.2) is 44.0 Å². The molecule has 7 nitrogen and oxygen atoms in total. The molecule has 0 saturated carbocycles. The van der Waals surface area contributed by atoms with Crippen LogP contribution in [0.1, 0.15) is 19.3 Å². The lowest BCUT2D eigenvalue weighted by Crippen LogP contribution is -2.31. The summed E-state index contributed by atoms with van der Waals surface area (Å²) in [6.07, 6.45) is 5.52. The molecule has 1 aromatic rings. The zero-order valence-electron chi connectivity index (χ0n) is 10.8. The van der Waals surface area contributed by atoms with Gasteiger partial charge in [0, 0.05) is 25.9 Å². The summed E-state index contributed by atoms with van der Waals surface area (Å²) in [6, 6.07) is 0. The number of aryl methyl sites for hydroxylation is 1. The Labute approximate surface area is 113 Å². The number of hydrogen-bond donors (Lipinski definition) is 2. The SMILES string of the molecule is NCCCn1cc(S(=O)(=O)NCC2CCCO2)cn1. The maximum atomic E-state index is 12.0. The number of nitrogens with two attached hydrogens (primary N) is 1. The predicted octanol–water partition coefficient (Wildman–Crippen LogP) is -0.311. The van der Waals surface area contributed by atoms with E-state index in [1.54, 1.807) is 4.68 Å². The van der Waals surface area contributed by atoms with Gasteiger partial charge in [0.1, 0.15) is 4.90 Å². The molecule has 1 fully saturated rings. The maximum Gasteiger partial charge on any atom is 0.243 e. The van der Waals surface area contributed by atoms with Gasteiger partial charge in [0.2, 0.25) is 10.0 Å². The lowest BCUT2D eigenvalue weighted by molar-refractivity contribution is 0.114. The van der Waals surface area contributed by atoms with E-state index in [1.807, 2.05) is 0 Å². The molecule has 0 aromatic carbocycles. The van der Waals surface area contributed by atoms with Crippen molar-refractivity contribution in [1.29, 1.82) is 0 Å². The summed E-state index contributed by atoms with van der Waals surface area (Å²) in [4.78, 5) is 0.183. The average Bonchev–Trinajstić information content (AvgIpc) is 3.05. The molecule has 8 heteroatoms. The fraction of sp³-hybridized carbons (Fsp3) is 0.727. The second-order valence-corrected chi connectivity index (χ2v) is 6.34. The highest BCUT2D eigenvalue weighted by molar-refractivity contribution is 7.89. The first-order chi connectivity index (χ1) is 9.12. The van der Waals surface area contributed by atoms with Gasteiger partial charge in [-0.2, -0.15) is 5.10 Å². The fourth-order valence-electron chi connectivity index (χ4n) is 1.95. The molecule has 0 radical (unpaired) electrons. The highest BCUT2D eigenvalue weighted by Crippen LogP contribution is 2.12. The molecule has 2 heterocycles. The Balaban J connectivity index is 1.92. The molecule has 108 valence electrons. The van der Waals surface area contributed by atoms with Crippen LogP contribution in [0.3, 0.4) is 0 Å². The fourth-order valence-corrected chi connectivity index (χ4v) is 2.97. The summed E-state index contributed by atoms with van der Waals surface area (Å²) in [5, 5.41) is 4.01. The van der Waals surface area contributed by atoms with Gasteiger partial charge in [-0.25, -0.2) is 13.1 Å². The second-order valence-electron chi connectivity index (χ2n) is 4.57. The summed E-state index contributed by atoms with van der Waals surface area (Å²) in [7, 11) is -3.50. The van der Waals surface area contributed by atoms with Crippen LogP contribution in [0.4, 0.5) is 0 Å². The average molecular weight is 288 g/mol. The monoisotopic (exact) mass is 288 g/mol. The standard InChI is InChI=1S/C11H20N4O3S/c12-4-2-5-15-9-11(8-13-15)19(16,17)14-7-10-3-1-6-18-10/h8-10,14H,1-7,12H2. The van der Waals surface area contributed by atoms with Gasteiger partial charge in [0.05, 0.1) is 12.3 Å². The van der Waals surface area contributed by atoms with Crippen LogP contribution in [0, 0.1) is 0 Å². The molecule has 0 spiro atoms. The van der Waals surface area contributed by atoms with Crippen LogP contribution in [0.2, 0.25) is 0 Å². The van der Waals surface area contributed by atoms with Crippen molar-refractivity contribution in [3.05, 3.63) is 12.4 Å². The third-order valence-corrected chi connectivity index (χ3v) is 4.41. The predicted molar refractivity (Wildman–Crippen MR) is 70.1 cm³/mol. The minimum atomic E-state index is -3.50. The molecule has 0 aliphatic carbocycles. The van der Waals surface area contributed by atoms with Gasteiger partial charge in [-0.15, -0.1) is 0 Å². The smallest absolute Gasteiger partial charge is 0.243 e. The van der Waals surface area contributed by atoms with Crippen LogP contribution in [0.5, 0.6) is 0 Å². The number of aromatic nitrogens is 2. The Morgan fingerprint density at radius 2 is 2.42 bits per heavy atom. The molecule has 0 amide bonds. The highest BCUT2D eigenvalue weighted by atomic mass is 32.2. The van der Waals surface area contributed by atoms with Crippen LogP contribution in [0.15, 0.2) is 17.3 Å². The molecule has 1 aliphatic heterocycles. The summed E-state index contributed by atoms with van der Waals surface area (Å²) in [5.74, 6) is 0. The van der Waals surface area contributed by atoms with Crippen molar-refractivity contribution in [1.82, 2.24) is 14.5 Å². The van der Waals surface area contributed by atoms with E-state index < -0.39 is 10.0 Å². The van der Waals surface area contributed by atoms with Gasteiger partial charge in [0.15, 0.2) is 0 Å². The van der Waals surface area contributed by atoms with Crippen LogP contribution in [0.25, 0.3) is 0 Å². The van der Waals surface area contributed by atoms with E-state index in [0.717, 1.165) is 19.3 Å². The topological polar surface area (TPSA) is 99.2 Å². The van der Waals surface area contributed by atoms with Crippen LogP contribution < -0.4 is 10.5 Å². The van der Waals surface area contributed by atoms with Crippen LogP contribution in [-0.2, 0) is 21.3 Å². The minimum Gasteiger partial charge on any atom is -0.377 e. The van der Waals surface area contributed by atoms with Crippen molar-refractivity contribution in [3.8, 4) is 0 Å². The van der Waals surface area contributed by atoms with Gasteiger partial charge < -0.3 is 10.5 Å². The Morgan fingerprint density at radius 3 is 3.11 bits per heavy atom. The summed E-state index contributed by atoms with van der Waals surface area (Å²) in [5.41, 5.74) is 5.40. The van der Waals surface area contributed by atoms with E-state index in [0.29, 0.717) is 26.2 Å². The first-order valence-corrected chi connectivity index (χ1v) is 7.94. The number of nitrogens with one attached hydrogen (secondary N) is 1. The molecule has 1 saturated heterocycles. The van der Waals surface area contributed by atoms with E-state index in [2.05, 4.69) is 9.82 Å². The van der Waals surface area contributed by atoms with E-state index in [9.17, 15) is 8.42 Å². The first kappa shape index (κ1) is 14.4. The Morgan fingerprint density at radius 1 is 1.58 bits per heavy atom. The third-order valence-electron chi connectivity index (χ3n) is 3.04. The molecule has 1 atom stereocenters. The van der Waals surface area contributed by atoms with Gasteiger partial charge in [-0.3, -0.25) is 4.68 Å². The molecule has 2 rings (SSSR count). The normalized spacial score (nSPS) is 19.9. The van der Waals surface area contributed by atoms with Gasteiger partial charge in [0.25, 0.3) is 0 Å². The van der Waals surface area contributed by atoms with Crippen molar-refractivity contribution in [2.45, 2.75) is 36.8 Å². The molecule has 1 aliphatic rings. The molecular formula is C11H20N4O3S. The second kappa shape index (κ2) is 6.47. The quantitative estimate of drug-likeness (QED) is 0.717. The molecule has 0 bridgehead atoms. The van der Waals surface area contributed by atoms with Crippen molar-refractivity contribution in [2.24, 2.45) is 5.73 Å². The molecule has 3 N–H and O–H groups in total. The summed E-state index contributed by atoms with van der Waals surface area (Å²) in [6.45, 7) is 2.21. The number of sulfonamides is 1. The van der Waals surface area contributed by atoms with E-state index in [4.69, 9.17) is 10.5 Å². The Kier molecular flexibility index (Phi) is 4.92. The lowest BCUT2D eigenvalue weighted by atomic mass is 10.2. The minimum absolute atomic E-state index is 0.0120. The molecular weight excluding hydrogens is 268 g/mol. The largest absolute Gasteiger partial charge is 0.377 e. The van der Waals surface area contributed by atoms with Gasteiger partial charge >= 0.3 is 0 Å². The lowest BCUT2D eigenvalue weighted by Gasteiger charge is -2.10. The van der Waals surface area contributed by atoms with E-state index in [1.165, 1.54) is 12.4 Å². The third kappa shape index (κ3) is 4.00. The van der Waals surface area contributed by atoms with E-state index >= 15 is 0 Å². The Bertz CT molecular complexity index is 494. The van der Waals surface area contributed by atoms with Crippen molar-refractivity contribution in [2.75, 3.05) is 19.7 Å². The summed E-state index contributed by atoms with van der Waals surface area (Å²) >= 11 is 0. The van der Waals surface area contributed by atoms with Crippen molar-refractivity contribution in [3.63, 3.8) is 0 Å². The number of rotatable bonds is 7. The molecule has 19 heavy (non-hydrogen) atoms. The van der Waals surface area contributed by atoms with Crippen molar-refractivity contribution < 1.29 is 13.2 Å². The number of ether oxygens (including phenoxy) is 1.